The lowest BCUT2D eigenvalue weighted by atomic mass is 9.85. The van der Waals surface area contributed by atoms with E-state index in [4.69, 9.17) is 0 Å². The van der Waals surface area contributed by atoms with Crippen LogP contribution < -0.4 is 5.32 Å². The average Bonchev–Trinajstić information content (AvgIpc) is 2.51. The van der Waals surface area contributed by atoms with Crippen LogP contribution in [-0.2, 0) is 4.79 Å². The zero-order valence-corrected chi connectivity index (χ0v) is 12.9. The van der Waals surface area contributed by atoms with Gasteiger partial charge in [0.25, 0.3) is 0 Å². The van der Waals surface area contributed by atoms with Crippen LogP contribution in [-0.4, -0.2) is 29.6 Å². The molecule has 1 aliphatic rings. The van der Waals surface area contributed by atoms with E-state index in [9.17, 15) is 4.79 Å². The molecule has 1 heterocycles. The molecular weight excluding hydrogens is 224 g/mol. The van der Waals surface area contributed by atoms with Gasteiger partial charge in [-0.05, 0) is 31.1 Å². The van der Waals surface area contributed by atoms with Crippen LogP contribution in [0.5, 0.6) is 0 Å². The van der Waals surface area contributed by atoms with Crippen LogP contribution in [0.1, 0.15) is 54.4 Å². The third-order valence-electron chi connectivity index (χ3n) is 4.19. The Bertz CT molecular complexity index is 268. The van der Waals surface area contributed by atoms with E-state index in [1.54, 1.807) is 0 Å². The van der Waals surface area contributed by atoms with Gasteiger partial charge in [-0.25, -0.2) is 0 Å². The van der Waals surface area contributed by atoms with Crippen LogP contribution in [0.3, 0.4) is 0 Å². The van der Waals surface area contributed by atoms with Gasteiger partial charge in [0, 0.05) is 6.54 Å². The molecule has 1 rings (SSSR count). The monoisotopic (exact) mass is 254 g/mol. The Kier molecular flexibility index (Phi) is 5.64. The van der Waals surface area contributed by atoms with Gasteiger partial charge in [-0.15, -0.1) is 0 Å². The summed E-state index contributed by atoms with van der Waals surface area (Å²) < 4.78 is 0. The zero-order chi connectivity index (χ0) is 13.9. The lowest BCUT2D eigenvalue weighted by Crippen LogP contribution is -2.41. The molecule has 3 heteroatoms. The van der Waals surface area contributed by atoms with Crippen molar-refractivity contribution in [2.45, 2.75) is 66.6 Å². The van der Waals surface area contributed by atoms with Crippen LogP contribution in [0.25, 0.3) is 0 Å². The molecule has 3 nitrogen and oxygen atoms in total. The maximum atomic E-state index is 12.3. The molecule has 0 aliphatic carbocycles. The minimum absolute atomic E-state index is 0.0463. The summed E-state index contributed by atoms with van der Waals surface area (Å²) in [6, 6.07) is 0.0463. The quantitative estimate of drug-likeness (QED) is 0.790. The van der Waals surface area contributed by atoms with Crippen molar-refractivity contribution in [1.29, 1.82) is 0 Å². The van der Waals surface area contributed by atoms with Crippen LogP contribution in [0.15, 0.2) is 0 Å². The largest absolute Gasteiger partial charge is 0.326 e. The molecule has 0 aromatic heterocycles. The Labute approximate surface area is 112 Å². The Morgan fingerprint density at radius 2 is 1.78 bits per heavy atom. The van der Waals surface area contributed by atoms with E-state index in [2.05, 4.69) is 46.9 Å². The zero-order valence-electron chi connectivity index (χ0n) is 12.9. The summed E-state index contributed by atoms with van der Waals surface area (Å²) in [4.78, 5) is 14.4. The first kappa shape index (κ1) is 15.5. The summed E-state index contributed by atoms with van der Waals surface area (Å²) in [7, 11) is 0. The second-order valence-electron chi connectivity index (χ2n) is 6.33. The molecule has 0 aromatic carbocycles. The fraction of sp³-hybridized carbons (Fsp3) is 0.933. The second-order valence-corrected chi connectivity index (χ2v) is 6.33. The van der Waals surface area contributed by atoms with Gasteiger partial charge in [0.2, 0.25) is 5.91 Å². The van der Waals surface area contributed by atoms with E-state index in [1.807, 2.05) is 4.90 Å². The van der Waals surface area contributed by atoms with Crippen molar-refractivity contribution in [1.82, 2.24) is 10.2 Å². The molecule has 18 heavy (non-hydrogen) atoms. The van der Waals surface area contributed by atoms with E-state index in [0.717, 1.165) is 19.4 Å². The smallest absolute Gasteiger partial charge is 0.241 e. The number of hydrogen-bond donors (Lipinski definition) is 1. The first-order chi connectivity index (χ1) is 8.38. The van der Waals surface area contributed by atoms with Crippen molar-refractivity contribution in [2.75, 3.05) is 6.54 Å². The van der Waals surface area contributed by atoms with Crippen molar-refractivity contribution in [3.63, 3.8) is 0 Å². The first-order valence-electron chi connectivity index (χ1n) is 7.45. The number of nitrogens with zero attached hydrogens (tertiary/aromatic N) is 1. The topological polar surface area (TPSA) is 32.3 Å². The molecule has 0 spiro atoms. The molecule has 0 bridgehead atoms. The molecule has 0 aromatic rings. The minimum Gasteiger partial charge on any atom is -0.326 e. The summed E-state index contributed by atoms with van der Waals surface area (Å²) in [5.74, 6) is 2.12. The van der Waals surface area contributed by atoms with E-state index >= 15 is 0 Å². The average molecular weight is 254 g/mol. The highest BCUT2D eigenvalue weighted by Crippen LogP contribution is 2.25. The van der Waals surface area contributed by atoms with Crippen molar-refractivity contribution in [2.24, 2.45) is 17.8 Å². The van der Waals surface area contributed by atoms with Gasteiger partial charge in [0.1, 0.15) is 0 Å². The van der Waals surface area contributed by atoms with Crippen LogP contribution in [0, 0.1) is 17.8 Å². The predicted molar refractivity (Wildman–Crippen MR) is 76.2 cm³/mol. The Balaban J connectivity index is 2.68. The number of amides is 1. The lowest BCUT2D eigenvalue weighted by Gasteiger charge is -2.31. The van der Waals surface area contributed by atoms with Gasteiger partial charge in [-0.3, -0.25) is 10.1 Å². The fourth-order valence-electron chi connectivity index (χ4n) is 3.01. The maximum absolute atomic E-state index is 12.3. The normalized spacial score (nSPS) is 24.9. The molecule has 2 atom stereocenters. The number of carbonyl (C=O) groups excluding carboxylic acids is 1. The molecule has 1 amide bonds. The van der Waals surface area contributed by atoms with Gasteiger partial charge in [-0.1, -0.05) is 41.0 Å². The van der Waals surface area contributed by atoms with Crippen LogP contribution in [0.2, 0.25) is 0 Å². The number of rotatable bonds is 6. The highest BCUT2D eigenvalue weighted by molar-refractivity contribution is 5.84. The van der Waals surface area contributed by atoms with E-state index in [-0.39, 0.29) is 12.2 Å². The second kappa shape index (κ2) is 6.55. The SMILES string of the molecule is CCCC1NC(C)N(CC(C(C)C)C(C)C)C1=O. The molecular formula is C15H30N2O. The van der Waals surface area contributed by atoms with Crippen molar-refractivity contribution >= 4 is 5.91 Å². The Morgan fingerprint density at radius 3 is 2.22 bits per heavy atom. The maximum Gasteiger partial charge on any atom is 0.241 e. The number of carbonyl (C=O) groups is 1. The fourth-order valence-corrected chi connectivity index (χ4v) is 3.01. The molecule has 2 unspecified atom stereocenters. The molecule has 1 N–H and O–H groups in total. The molecule has 0 radical (unpaired) electrons. The molecule has 1 saturated heterocycles. The first-order valence-corrected chi connectivity index (χ1v) is 7.45. The van der Waals surface area contributed by atoms with Gasteiger partial charge < -0.3 is 4.90 Å². The van der Waals surface area contributed by atoms with Gasteiger partial charge in [-0.2, -0.15) is 0 Å². The summed E-state index contributed by atoms with van der Waals surface area (Å²) in [5, 5.41) is 3.41. The predicted octanol–water partition coefficient (Wildman–Crippen LogP) is 2.86. The van der Waals surface area contributed by atoms with Crippen molar-refractivity contribution in [3.05, 3.63) is 0 Å². The highest BCUT2D eigenvalue weighted by atomic mass is 16.2. The number of nitrogens with one attached hydrogen (secondary N) is 1. The van der Waals surface area contributed by atoms with Crippen LogP contribution >= 0.6 is 0 Å². The third kappa shape index (κ3) is 3.47. The van der Waals surface area contributed by atoms with Gasteiger partial charge in [0.15, 0.2) is 0 Å². The summed E-state index contributed by atoms with van der Waals surface area (Å²) in [6.45, 7) is 14.2. The Morgan fingerprint density at radius 1 is 1.22 bits per heavy atom. The lowest BCUT2D eigenvalue weighted by molar-refractivity contribution is -0.131. The summed E-state index contributed by atoms with van der Waals surface area (Å²) >= 11 is 0. The van der Waals surface area contributed by atoms with Gasteiger partial charge in [0.05, 0.1) is 12.2 Å². The Hall–Kier alpha value is -0.570. The molecule has 106 valence electrons. The van der Waals surface area contributed by atoms with Gasteiger partial charge >= 0.3 is 0 Å². The summed E-state index contributed by atoms with van der Waals surface area (Å²) in [5.41, 5.74) is 0. The third-order valence-corrected chi connectivity index (χ3v) is 4.19. The highest BCUT2D eigenvalue weighted by Gasteiger charge is 2.37. The van der Waals surface area contributed by atoms with Crippen LogP contribution in [0.4, 0.5) is 0 Å². The van der Waals surface area contributed by atoms with E-state index < -0.39 is 0 Å². The summed E-state index contributed by atoms with van der Waals surface area (Å²) in [6.07, 6.45) is 2.20. The van der Waals surface area contributed by atoms with Crippen molar-refractivity contribution < 1.29 is 4.79 Å². The standard InChI is InChI=1S/C15H30N2O/c1-7-8-14-15(18)17(12(6)16-14)9-13(10(2)3)11(4)5/h10-14,16H,7-9H2,1-6H3. The minimum atomic E-state index is 0.0463. The van der Waals surface area contributed by atoms with Crippen molar-refractivity contribution in [3.8, 4) is 0 Å². The molecule has 1 fully saturated rings. The molecule has 0 saturated carbocycles. The van der Waals surface area contributed by atoms with E-state index in [1.165, 1.54) is 0 Å². The molecule has 1 aliphatic heterocycles. The number of hydrogen-bond acceptors (Lipinski definition) is 2. The van der Waals surface area contributed by atoms with E-state index in [0.29, 0.717) is 23.7 Å².